The number of carbonyl (C=O) groups excluding carboxylic acids is 5. The number of hydrogen-bond acceptors (Lipinski definition) is 7. The number of ketones is 1. The summed E-state index contributed by atoms with van der Waals surface area (Å²) in [6.07, 6.45) is 1.40. The van der Waals surface area contributed by atoms with Gasteiger partial charge in [-0.1, -0.05) is 60.6 Å². The Morgan fingerprint density at radius 1 is 0.886 bits per heavy atom. The van der Waals surface area contributed by atoms with Crippen LogP contribution in [0.3, 0.4) is 0 Å². The molecule has 4 unspecified atom stereocenters. The predicted octanol–water partition coefficient (Wildman–Crippen LogP) is 4.23. The Labute approximate surface area is 263 Å². The molecule has 5 amide bonds. The zero-order chi connectivity index (χ0) is 33.8. The second-order valence-corrected chi connectivity index (χ2v) is 11.4. The number of ether oxygens (including phenoxy) is 1. The van der Waals surface area contributed by atoms with E-state index in [9.17, 15) is 24.0 Å². The Balaban J connectivity index is 0.00000904. The van der Waals surface area contributed by atoms with Crippen molar-refractivity contribution >= 4 is 35.4 Å². The first-order chi connectivity index (χ1) is 20.7. The molecule has 44 heavy (non-hydrogen) atoms. The van der Waals surface area contributed by atoms with Crippen LogP contribution in [0.1, 0.15) is 93.6 Å². The first-order valence-corrected chi connectivity index (χ1v) is 15.7. The van der Waals surface area contributed by atoms with E-state index < -0.39 is 36.2 Å². The number of amides is 5. The SMILES string of the molecule is CC.CCC(C)NC(C(=O)NC(CCCNC(N)=O)C(=O)Nc1ccc(COC(=O)NC(CC(C)C)C(C)=O)cc1)C(C)C. The number of carbonyl (C=O) groups is 5. The minimum Gasteiger partial charge on any atom is -0.445 e. The number of nitrogens with two attached hydrogens (primary N) is 1. The predicted molar refractivity (Wildman–Crippen MR) is 174 cm³/mol. The van der Waals surface area contributed by atoms with Gasteiger partial charge in [-0.3, -0.25) is 14.4 Å². The molecule has 0 spiro atoms. The summed E-state index contributed by atoms with van der Waals surface area (Å²) >= 11 is 0. The maximum Gasteiger partial charge on any atom is 0.408 e. The van der Waals surface area contributed by atoms with Crippen molar-refractivity contribution in [2.45, 2.75) is 119 Å². The summed E-state index contributed by atoms with van der Waals surface area (Å²) in [7, 11) is 0. The first kappa shape index (κ1) is 40.3. The highest BCUT2D eigenvalue weighted by atomic mass is 16.5. The Bertz CT molecular complexity index is 1030. The number of anilines is 1. The normalized spacial score (nSPS) is 13.4. The standard InChI is InChI=1S/C30H50N6O6.C2H6/c1-8-20(6)33-26(19(4)5)28(39)35-24(10-9-15-32-29(31)40)27(38)34-23-13-11-22(12-14-23)17-42-30(41)36-25(21(7)37)16-18(2)3;1-2/h11-14,18-20,24-26,33H,8-10,15-17H2,1-7H3,(H,34,38)(H,35,39)(H,36,41)(H3,31,32,40);1-2H3. The van der Waals surface area contributed by atoms with Gasteiger partial charge in [0.15, 0.2) is 5.78 Å². The summed E-state index contributed by atoms with van der Waals surface area (Å²) in [4.78, 5) is 61.4. The highest BCUT2D eigenvalue weighted by molar-refractivity contribution is 5.98. The summed E-state index contributed by atoms with van der Waals surface area (Å²) < 4.78 is 5.26. The van der Waals surface area contributed by atoms with E-state index in [0.717, 1.165) is 6.42 Å². The lowest BCUT2D eigenvalue weighted by molar-refractivity contribution is -0.129. The fraction of sp³-hybridized carbons (Fsp3) is 0.656. The third kappa shape index (κ3) is 16.8. The molecule has 12 nitrogen and oxygen atoms in total. The summed E-state index contributed by atoms with van der Waals surface area (Å²) in [5.74, 6) is -0.581. The summed E-state index contributed by atoms with van der Waals surface area (Å²) in [5, 5.41) is 14.1. The van der Waals surface area contributed by atoms with E-state index in [1.165, 1.54) is 6.92 Å². The molecule has 0 heterocycles. The molecule has 0 fully saturated rings. The van der Waals surface area contributed by atoms with Crippen LogP contribution in [0.25, 0.3) is 0 Å². The van der Waals surface area contributed by atoms with Crippen LogP contribution in [0.5, 0.6) is 0 Å². The van der Waals surface area contributed by atoms with Gasteiger partial charge < -0.3 is 37.1 Å². The van der Waals surface area contributed by atoms with Gasteiger partial charge in [-0.15, -0.1) is 0 Å². The molecule has 0 aliphatic rings. The van der Waals surface area contributed by atoms with Crippen LogP contribution in [0.4, 0.5) is 15.3 Å². The molecule has 7 N–H and O–H groups in total. The van der Waals surface area contributed by atoms with Crippen molar-refractivity contribution in [1.29, 1.82) is 0 Å². The van der Waals surface area contributed by atoms with Crippen LogP contribution < -0.4 is 32.3 Å². The van der Waals surface area contributed by atoms with Crippen molar-refractivity contribution in [2.75, 3.05) is 11.9 Å². The average molecular weight is 621 g/mol. The molecule has 250 valence electrons. The lowest BCUT2D eigenvalue weighted by Gasteiger charge is -2.27. The van der Waals surface area contributed by atoms with Crippen molar-refractivity contribution < 1.29 is 28.7 Å². The molecule has 1 rings (SSSR count). The Hall–Kier alpha value is -3.67. The van der Waals surface area contributed by atoms with E-state index in [-0.39, 0.29) is 49.1 Å². The lowest BCUT2D eigenvalue weighted by Crippen LogP contribution is -2.55. The molecule has 0 saturated heterocycles. The van der Waals surface area contributed by atoms with E-state index >= 15 is 0 Å². The van der Waals surface area contributed by atoms with Crippen molar-refractivity contribution in [1.82, 2.24) is 21.3 Å². The summed E-state index contributed by atoms with van der Waals surface area (Å²) in [6, 6.07) is 4.28. The number of benzene rings is 1. The van der Waals surface area contributed by atoms with Crippen molar-refractivity contribution in [3.63, 3.8) is 0 Å². The van der Waals surface area contributed by atoms with E-state index in [2.05, 4.69) is 26.6 Å². The van der Waals surface area contributed by atoms with Gasteiger partial charge >= 0.3 is 12.1 Å². The molecule has 0 radical (unpaired) electrons. The molecule has 0 bridgehead atoms. The van der Waals surface area contributed by atoms with E-state index in [1.807, 2.05) is 55.4 Å². The number of alkyl carbamates (subject to hydrolysis) is 1. The molecule has 1 aromatic rings. The molecule has 0 aliphatic heterocycles. The maximum absolute atomic E-state index is 13.2. The minimum absolute atomic E-state index is 0.000336. The number of primary amides is 1. The third-order valence-corrected chi connectivity index (χ3v) is 6.71. The minimum atomic E-state index is -0.848. The van der Waals surface area contributed by atoms with Crippen LogP contribution in [-0.2, 0) is 25.7 Å². The van der Waals surface area contributed by atoms with Crippen LogP contribution in [-0.4, -0.2) is 60.4 Å². The van der Waals surface area contributed by atoms with Gasteiger partial charge in [-0.2, -0.15) is 0 Å². The summed E-state index contributed by atoms with van der Waals surface area (Å²) in [6.45, 7) is 17.5. The van der Waals surface area contributed by atoms with Crippen molar-refractivity contribution in [3.8, 4) is 0 Å². The highest BCUT2D eigenvalue weighted by Gasteiger charge is 2.28. The number of Topliss-reactive ketones (excluding diaryl/α,β-unsaturated/α-hetero) is 1. The largest absolute Gasteiger partial charge is 0.445 e. The zero-order valence-corrected chi connectivity index (χ0v) is 28.0. The van der Waals surface area contributed by atoms with Gasteiger partial charge in [0.1, 0.15) is 12.6 Å². The summed E-state index contributed by atoms with van der Waals surface area (Å²) in [5.41, 5.74) is 6.31. The highest BCUT2D eigenvalue weighted by Crippen LogP contribution is 2.13. The molecule has 12 heteroatoms. The maximum atomic E-state index is 13.2. The molecular formula is C32H56N6O6. The average Bonchev–Trinajstić information content (AvgIpc) is 2.96. The Kier molecular flexibility index (Phi) is 20.1. The fourth-order valence-corrected chi connectivity index (χ4v) is 4.09. The zero-order valence-electron chi connectivity index (χ0n) is 28.0. The second-order valence-electron chi connectivity index (χ2n) is 11.4. The number of rotatable bonds is 18. The van der Waals surface area contributed by atoms with Gasteiger partial charge in [-0.05, 0) is 69.1 Å². The number of nitrogens with one attached hydrogen (secondary N) is 5. The van der Waals surface area contributed by atoms with Crippen LogP contribution >= 0.6 is 0 Å². The van der Waals surface area contributed by atoms with Gasteiger partial charge in [0, 0.05) is 18.3 Å². The van der Waals surface area contributed by atoms with Crippen LogP contribution in [0.15, 0.2) is 24.3 Å². The van der Waals surface area contributed by atoms with Gasteiger partial charge in [0.25, 0.3) is 0 Å². The van der Waals surface area contributed by atoms with Gasteiger partial charge in [0.2, 0.25) is 11.8 Å². The van der Waals surface area contributed by atoms with Crippen molar-refractivity contribution in [3.05, 3.63) is 29.8 Å². The molecular weight excluding hydrogens is 564 g/mol. The van der Waals surface area contributed by atoms with E-state index in [0.29, 0.717) is 24.1 Å². The number of urea groups is 1. The second kappa shape index (κ2) is 21.9. The quantitative estimate of drug-likeness (QED) is 0.133. The Morgan fingerprint density at radius 3 is 2.00 bits per heavy atom. The monoisotopic (exact) mass is 620 g/mol. The third-order valence-electron chi connectivity index (χ3n) is 6.71. The molecule has 0 aliphatic carbocycles. The molecule has 4 atom stereocenters. The Morgan fingerprint density at radius 2 is 1.50 bits per heavy atom. The molecule has 1 aromatic carbocycles. The van der Waals surface area contributed by atoms with Gasteiger partial charge in [-0.25, -0.2) is 9.59 Å². The van der Waals surface area contributed by atoms with Crippen LogP contribution in [0, 0.1) is 11.8 Å². The lowest BCUT2D eigenvalue weighted by atomic mass is 10.0. The van der Waals surface area contributed by atoms with Crippen molar-refractivity contribution in [2.24, 2.45) is 17.6 Å². The smallest absolute Gasteiger partial charge is 0.408 e. The first-order valence-electron chi connectivity index (χ1n) is 15.7. The topological polar surface area (TPSA) is 181 Å². The molecule has 0 aromatic heterocycles. The van der Waals surface area contributed by atoms with Gasteiger partial charge in [0.05, 0.1) is 12.1 Å². The van der Waals surface area contributed by atoms with E-state index in [4.69, 9.17) is 10.5 Å². The fourth-order valence-electron chi connectivity index (χ4n) is 4.09. The molecule has 0 saturated carbocycles. The van der Waals surface area contributed by atoms with Crippen LogP contribution in [0.2, 0.25) is 0 Å². The van der Waals surface area contributed by atoms with E-state index in [1.54, 1.807) is 24.3 Å². The number of hydrogen-bond donors (Lipinski definition) is 6.